The number of carbonyl (C=O) groups excluding carboxylic acids is 1. The fraction of sp³-hybridized carbons (Fsp3) is 0.467. The summed E-state index contributed by atoms with van der Waals surface area (Å²) in [6.07, 6.45) is 6.71. The standard InChI is InChI=1S/C15H19N3O2/c1-11-14(7-16-17(11)2)6-15(19)18-8-13(9-18)5-12-3-4-20-10-12/h3-4,7,10,13H,5-6,8-9H2,1-2H3. The summed E-state index contributed by atoms with van der Waals surface area (Å²) in [5, 5.41) is 4.17. The molecule has 0 atom stereocenters. The van der Waals surface area contributed by atoms with Gasteiger partial charge in [-0.25, -0.2) is 0 Å². The second kappa shape index (κ2) is 5.15. The molecule has 3 heterocycles. The van der Waals surface area contributed by atoms with E-state index in [-0.39, 0.29) is 5.91 Å². The largest absolute Gasteiger partial charge is 0.472 e. The predicted octanol–water partition coefficient (Wildman–Crippen LogP) is 1.57. The highest BCUT2D eigenvalue weighted by Gasteiger charge is 2.30. The molecule has 1 aliphatic heterocycles. The molecule has 0 N–H and O–H groups in total. The molecule has 5 heteroatoms. The van der Waals surface area contributed by atoms with Crippen LogP contribution in [-0.2, 0) is 24.7 Å². The molecule has 1 fully saturated rings. The fourth-order valence-electron chi connectivity index (χ4n) is 2.64. The van der Waals surface area contributed by atoms with Crippen molar-refractivity contribution in [3.63, 3.8) is 0 Å². The van der Waals surface area contributed by atoms with Gasteiger partial charge in [0.2, 0.25) is 5.91 Å². The highest BCUT2D eigenvalue weighted by atomic mass is 16.3. The Morgan fingerprint density at radius 3 is 2.90 bits per heavy atom. The van der Waals surface area contributed by atoms with Crippen LogP contribution < -0.4 is 0 Å². The molecule has 0 saturated carbocycles. The third-order valence-electron chi connectivity index (χ3n) is 4.09. The number of aromatic nitrogens is 2. The zero-order valence-electron chi connectivity index (χ0n) is 11.9. The van der Waals surface area contributed by atoms with Gasteiger partial charge < -0.3 is 9.32 Å². The lowest BCUT2D eigenvalue weighted by atomic mass is 9.93. The van der Waals surface area contributed by atoms with E-state index in [0.717, 1.165) is 30.8 Å². The molecule has 0 aromatic carbocycles. The van der Waals surface area contributed by atoms with Crippen LogP contribution >= 0.6 is 0 Å². The number of hydrogen-bond donors (Lipinski definition) is 0. The molecule has 0 aliphatic carbocycles. The highest BCUT2D eigenvalue weighted by Crippen LogP contribution is 2.22. The highest BCUT2D eigenvalue weighted by molar-refractivity contribution is 5.79. The summed E-state index contributed by atoms with van der Waals surface area (Å²) in [5.74, 6) is 0.760. The van der Waals surface area contributed by atoms with Crippen LogP contribution in [0.1, 0.15) is 16.8 Å². The third-order valence-corrected chi connectivity index (χ3v) is 4.09. The zero-order chi connectivity index (χ0) is 14.1. The number of amides is 1. The molecule has 0 unspecified atom stereocenters. The van der Waals surface area contributed by atoms with Crippen molar-refractivity contribution in [1.29, 1.82) is 0 Å². The van der Waals surface area contributed by atoms with E-state index < -0.39 is 0 Å². The summed E-state index contributed by atoms with van der Waals surface area (Å²) in [7, 11) is 1.90. The van der Waals surface area contributed by atoms with Crippen LogP contribution in [0.25, 0.3) is 0 Å². The first-order chi connectivity index (χ1) is 9.63. The van der Waals surface area contributed by atoms with Crippen LogP contribution in [0.2, 0.25) is 0 Å². The van der Waals surface area contributed by atoms with Crippen molar-refractivity contribution in [2.45, 2.75) is 19.8 Å². The number of carbonyl (C=O) groups is 1. The Balaban J connectivity index is 1.50. The Morgan fingerprint density at radius 1 is 1.50 bits per heavy atom. The molecular formula is C15H19N3O2. The van der Waals surface area contributed by atoms with Crippen molar-refractivity contribution in [2.75, 3.05) is 13.1 Å². The van der Waals surface area contributed by atoms with E-state index in [4.69, 9.17) is 4.42 Å². The summed E-state index contributed by atoms with van der Waals surface area (Å²) in [6.45, 7) is 3.69. The molecule has 2 aromatic heterocycles. The Kier molecular flexibility index (Phi) is 3.34. The van der Waals surface area contributed by atoms with E-state index in [1.54, 1.807) is 23.4 Å². The van der Waals surface area contributed by atoms with E-state index in [1.165, 1.54) is 5.56 Å². The lowest BCUT2D eigenvalue weighted by molar-refractivity contribution is -0.136. The average Bonchev–Trinajstić information content (AvgIpc) is 2.98. The third kappa shape index (κ3) is 2.48. The van der Waals surface area contributed by atoms with Crippen LogP contribution in [0.15, 0.2) is 29.2 Å². The Bertz CT molecular complexity index is 595. The summed E-state index contributed by atoms with van der Waals surface area (Å²) in [6, 6.07) is 1.99. The lowest BCUT2D eigenvalue weighted by Gasteiger charge is -2.39. The number of furan rings is 1. The monoisotopic (exact) mass is 273 g/mol. The molecule has 3 rings (SSSR count). The molecular weight excluding hydrogens is 254 g/mol. The minimum absolute atomic E-state index is 0.199. The minimum Gasteiger partial charge on any atom is -0.472 e. The number of hydrogen-bond acceptors (Lipinski definition) is 3. The second-order valence-electron chi connectivity index (χ2n) is 5.56. The van der Waals surface area contributed by atoms with Gasteiger partial charge in [-0.3, -0.25) is 9.48 Å². The zero-order valence-corrected chi connectivity index (χ0v) is 11.9. The summed E-state index contributed by atoms with van der Waals surface area (Å²) >= 11 is 0. The maximum atomic E-state index is 12.2. The first-order valence-electron chi connectivity index (χ1n) is 6.90. The number of aryl methyl sites for hydroxylation is 1. The van der Waals surface area contributed by atoms with Gasteiger partial charge in [-0.2, -0.15) is 5.10 Å². The molecule has 2 aromatic rings. The summed E-state index contributed by atoms with van der Waals surface area (Å²) in [4.78, 5) is 14.1. The van der Waals surface area contributed by atoms with Crippen molar-refractivity contribution in [3.8, 4) is 0 Å². The Hall–Kier alpha value is -2.04. The minimum atomic E-state index is 0.199. The molecule has 106 valence electrons. The lowest BCUT2D eigenvalue weighted by Crippen LogP contribution is -2.51. The summed E-state index contributed by atoms with van der Waals surface area (Å²) < 4.78 is 6.87. The quantitative estimate of drug-likeness (QED) is 0.849. The molecule has 0 spiro atoms. The number of nitrogens with zero attached hydrogens (tertiary/aromatic N) is 3. The second-order valence-corrected chi connectivity index (χ2v) is 5.56. The maximum absolute atomic E-state index is 12.2. The van der Waals surface area contributed by atoms with Gasteiger partial charge in [-0.05, 0) is 30.9 Å². The topological polar surface area (TPSA) is 51.3 Å². The van der Waals surface area contributed by atoms with Gasteiger partial charge in [0.05, 0.1) is 25.1 Å². The molecule has 0 radical (unpaired) electrons. The van der Waals surface area contributed by atoms with Gasteiger partial charge in [0.1, 0.15) is 0 Å². The van der Waals surface area contributed by atoms with Gasteiger partial charge in [-0.1, -0.05) is 0 Å². The molecule has 5 nitrogen and oxygen atoms in total. The SMILES string of the molecule is Cc1c(CC(=O)N2CC(Cc3ccoc3)C2)cnn1C. The summed E-state index contributed by atoms with van der Waals surface area (Å²) in [5.41, 5.74) is 3.30. The van der Waals surface area contributed by atoms with Gasteiger partial charge in [0, 0.05) is 31.4 Å². The molecule has 20 heavy (non-hydrogen) atoms. The normalized spacial score (nSPS) is 15.4. The fourth-order valence-corrected chi connectivity index (χ4v) is 2.64. The van der Waals surface area contributed by atoms with Crippen molar-refractivity contribution in [1.82, 2.24) is 14.7 Å². The smallest absolute Gasteiger partial charge is 0.227 e. The van der Waals surface area contributed by atoms with Crippen LogP contribution in [0.4, 0.5) is 0 Å². The number of rotatable bonds is 4. The first kappa shape index (κ1) is 13.0. The van der Waals surface area contributed by atoms with Crippen LogP contribution in [-0.4, -0.2) is 33.7 Å². The van der Waals surface area contributed by atoms with Crippen molar-refractivity contribution in [2.24, 2.45) is 13.0 Å². The van der Waals surface area contributed by atoms with Crippen molar-refractivity contribution >= 4 is 5.91 Å². The van der Waals surface area contributed by atoms with E-state index in [9.17, 15) is 4.79 Å². The predicted molar refractivity (Wildman–Crippen MR) is 74.1 cm³/mol. The molecule has 1 amide bonds. The maximum Gasteiger partial charge on any atom is 0.227 e. The van der Waals surface area contributed by atoms with Crippen LogP contribution in [0.5, 0.6) is 0 Å². The van der Waals surface area contributed by atoms with Gasteiger partial charge in [-0.15, -0.1) is 0 Å². The van der Waals surface area contributed by atoms with Crippen LogP contribution in [0.3, 0.4) is 0 Å². The van der Waals surface area contributed by atoms with E-state index in [0.29, 0.717) is 12.3 Å². The van der Waals surface area contributed by atoms with E-state index in [2.05, 4.69) is 5.10 Å². The van der Waals surface area contributed by atoms with Crippen molar-refractivity contribution < 1.29 is 9.21 Å². The van der Waals surface area contributed by atoms with E-state index in [1.807, 2.05) is 24.9 Å². The van der Waals surface area contributed by atoms with Gasteiger partial charge >= 0.3 is 0 Å². The van der Waals surface area contributed by atoms with Crippen molar-refractivity contribution in [3.05, 3.63) is 41.6 Å². The number of likely N-dealkylation sites (tertiary alicyclic amines) is 1. The van der Waals surface area contributed by atoms with Crippen LogP contribution in [0, 0.1) is 12.8 Å². The molecule has 1 aliphatic rings. The van der Waals surface area contributed by atoms with E-state index >= 15 is 0 Å². The average molecular weight is 273 g/mol. The Morgan fingerprint density at radius 2 is 2.30 bits per heavy atom. The van der Waals surface area contributed by atoms with Gasteiger partial charge in [0.25, 0.3) is 0 Å². The first-order valence-corrected chi connectivity index (χ1v) is 6.90. The van der Waals surface area contributed by atoms with Gasteiger partial charge in [0.15, 0.2) is 0 Å². The molecule has 0 bridgehead atoms. The molecule has 1 saturated heterocycles. The Labute approximate surface area is 118 Å².